The molecule has 1 atom stereocenters. The van der Waals surface area contributed by atoms with Crippen LogP contribution in [0.3, 0.4) is 0 Å². The van der Waals surface area contributed by atoms with Crippen molar-refractivity contribution in [3.8, 4) is 11.1 Å². The first-order chi connectivity index (χ1) is 21.0. The maximum Gasteiger partial charge on any atom is 0.455 e. The van der Waals surface area contributed by atoms with Crippen LogP contribution in [0, 0.1) is 0 Å². The quantitative estimate of drug-likeness (QED) is 0.277. The number of unbranched alkanes of at least 4 members (excludes halogenated alkanes) is 1. The molecule has 2 amide bonds. The highest BCUT2D eigenvalue weighted by Crippen LogP contribution is 2.49. The van der Waals surface area contributed by atoms with E-state index >= 15 is 0 Å². The summed E-state index contributed by atoms with van der Waals surface area (Å²) in [7, 11) is 0. The van der Waals surface area contributed by atoms with Crippen molar-refractivity contribution in [3.63, 3.8) is 0 Å². The zero-order valence-electron chi connectivity index (χ0n) is 24.4. The van der Waals surface area contributed by atoms with E-state index in [0.717, 1.165) is 59.2 Å². The topological polar surface area (TPSA) is 52.7 Å². The number of benzene rings is 3. The molecular weight excluding hydrogens is 577 g/mol. The van der Waals surface area contributed by atoms with Crippen molar-refractivity contribution in [3.05, 3.63) is 88.5 Å². The van der Waals surface area contributed by atoms with E-state index in [2.05, 4.69) is 11.8 Å². The Balaban J connectivity index is 1.29. The second kappa shape index (κ2) is 11.5. The largest absolute Gasteiger partial charge is 0.455 e. The molecule has 0 saturated carbocycles. The molecule has 10 heteroatoms. The van der Waals surface area contributed by atoms with Crippen LogP contribution in [0.25, 0.3) is 11.1 Å². The number of halogens is 5. The number of nitrogens with zero attached hydrogens (tertiary/aromatic N) is 2. The van der Waals surface area contributed by atoms with Gasteiger partial charge in [0.1, 0.15) is 0 Å². The van der Waals surface area contributed by atoms with Crippen molar-refractivity contribution in [1.82, 2.24) is 10.2 Å². The van der Waals surface area contributed by atoms with Gasteiger partial charge in [-0.3, -0.25) is 9.59 Å². The van der Waals surface area contributed by atoms with Crippen molar-refractivity contribution in [2.24, 2.45) is 0 Å². The van der Waals surface area contributed by atoms with Gasteiger partial charge < -0.3 is 15.1 Å². The average Bonchev–Trinajstić information content (AvgIpc) is 3.53. The summed E-state index contributed by atoms with van der Waals surface area (Å²) in [4.78, 5) is 30.8. The van der Waals surface area contributed by atoms with Crippen LogP contribution in [0.1, 0.15) is 71.1 Å². The molecule has 3 aliphatic rings. The fourth-order valence-corrected chi connectivity index (χ4v) is 6.94. The molecule has 0 radical (unpaired) electrons. The van der Waals surface area contributed by atoms with Crippen LogP contribution in [0.4, 0.5) is 27.6 Å². The Labute approximate surface area is 253 Å². The van der Waals surface area contributed by atoms with Crippen molar-refractivity contribution in [2.75, 3.05) is 24.5 Å². The minimum atomic E-state index is -5.76. The lowest BCUT2D eigenvalue weighted by molar-refractivity contribution is -0.278. The van der Waals surface area contributed by atoms with E-state index in [0.29, 0.717) is 37.2 Å². The standard InChI is InChI=1S/C34H34F5N3O2/c1-2-3-9-27-28(41-17-15-22(16-18-41)42-19-21-8-4-5-10-23(21)32(42)44)14-13-26-24-11-6-7-12-25(24)30(29(26)27)31(43)40-20-33(35,36)34(37,38)39/h4-8,10-14,22,30H,2-3,9,15-20H2,1H3,(H,40,43). The van der Waals surface area contributed by atoms with E-state index in [-0.39, 0.29) is 11.9 Å². The van der Waals surface area contributed by atoms with Crippen molar-refractivity contribution in [2.45, 2.75) is 69.6 Å². The molecule has 1 N–H and O–H groups in total. The molecule has 1 saturated heterocycles. The molecule has 2 heterocycles. The van der Waals surface area contributed by atoms with Crippen molar-refractivity contribution >= 4 is 17.5 Å². The molecule has 3 aromatic carbocycles. The molecule has 5 nitrogen and oxygen atoms in total. The van der Waals surface area contributed by atoms with E-state index in [9.17, 15) is 31.5 Å². The van der Waals surface area contributed by atoms with Crippen LogP contribution >= 0.6 is 0 Å². The first-order valence-electron chi connectivity index (χ1n) is 15.1. The highest BCUT2D eigenvalue weighted by molar-refractivity contribution is 5.99. The molecule has 6 rings (SSSR count). The number of carbonyl (C=O) groups excluding carboxylic acids is 2. The smallest absolute Gasteiger partial charge is 0.371 e. The van der Waals surface area contributed by atoms with Gasteiger partial charge in [-0.15, -0.1) is 0 Å². The minimum absolute atomic E-state index is 0.0583. The lowest BCUT2D eigenvalue weighted by Crippen LogP contribution is -2.47. The Morgan fingerprint density at radius 1 is 0.909 bits per heavy atom. The Kier molecular flexibility index (Phi) is 7.88. The normalized spacial score (nSPS) is 18.3. The van der Waals surface area contributed by atoms with Gasteiger partial charge in [-0.25, -0.2) is 0 Å². The maximum atomic E-state index is 13.8. The first-order valence-corrected chi connectivity index (χ1v) is 15.1. The lowest BCUT2D eigenvalue weighted by Gasteiger charge is -2.39. The number of amides is 2. The number of piperidine rings is 1. The van der Waals surface area contributed by atoms with E-state index < -0.39 is 30.5 Å². The van der Waals surface area contributed by atoms with Crippen LogP contribution < -0.4 is 10.2 Å². The highest BCUT2D eigenvalue weighted by Gasteiger charge is 2.57. The number of rotatable bonds is 8. The van der Waals surface area contributed by atoms with Gasteiger partial charge in [-0.2, -0.15) is 22.0 Å². The molecule has 0 spiro atoms. The molecular formula is C34H34F5N3O2. The fraction of sp³-hybridized carbons (Fsp3) is 0.412. The van der Waals surface area contributed by atoms with Crippen LogP contribution in [0.15, 0.2) is 60.7 Å². The van der Waals surface area contributed by atoms with Crippen LogP contribution in [0.2, 0.25) is 0 Å². The predicted octanol–water partition coefficient (Wildman–Crippen LogP) is 7.08. The zero-order valence-corrected chi connectivity index (χ0v) is 24.4. The summed E-state index contributed by atoms with van der Waals surface area (Å²) in [6, 6.07) is 18.9. The molecule has 2 aliphatic heterocycles. The van der Waals surface area contributed by atoms with Gasteiger partial charge in [0.25, 0.3) is 5.91 Å². The highest BCUT2D eigenvalue weighted by atomic mass is 19.4. The molecule has 44 heavy (non-hydrogen) atoms. The summed E-state index contributed by atoms with van der Waals surface area (Å²) in [5.41, 5.74) is 6.51. The van der Waals surface area contributed by atoms with Gasteiger partial charge >= 0.3 is 12.1 Å². The number of hydrogen-bond acceptors (Lipinski definition) is 3. The Morgan fingerprint density at radius 3 is 2.27 bits per heavy atom. The number of carbonyl (C=O) groups is 2. The number of fused-ring (bicyclic) bond motifs is 4. The molecule has 1 fully saturated rings. The molecule has 0 bridgehead atoms. The fourth-order valence-electron chi connectivity index (χ4n) is 6.94. The predicted molar refractivity (Wildman–Crippen MR) is 158 cm³/mol. The minimum Gasteiger partial charge on any atom is -0.371 e. The van der Waals surface area contributed by atoms with Crippen LogP contribution in [-0.4, -0.2) is 54.5 Å². The summed E-state index contributed by atoms with van der Waals surface area (Å²) in [5.74, 6) is -6.86. The Hall–Kier alpha value is -3.95. The van der Waals surface area contributed by atoms with E-state index in [1.54, 1.807) is 12.1 Å². The molecule has 0 aromatic heterocycles. The summed E-state index contributed by atoms with van der Waals surface area (Å²) in [6.07, 6.45) is -1.91. The van der Waals surface area contributed by atoms with Crippen molar-refractivity contribution in [1.29, 1.82) is 0 Å². The molecule has 232 valence electrons. The van der Waals surface area contributed by atoms with Gasteiger partial charge in [-0.1, -0.05) is 61.9 Å². The molecule has 1 unspecified atom stereocenters. The Morgan fingerprint density at radius 2 is 1.59 bits per heavy atom. The van der Waals surface area contributed by atoms with Crippen molar-refractivity contribution < 1.29 is 31.5 Å². The van der Waals surface area contributed by atoms with Gasteiger partial charge in [0.2, 0.25) is 5.91 Å². The first kappa shape index (κ1) is 30.1. The van der Waals surface area contributed by atoms with Gasteiger partial charge in [0.05, 0.1) is 12.5 Å². The third-order valence-corrected chi connectivity index (χ3v) is 9.22. The monoisotopic (exact) mass is 611 g/mol. The maximum absolute atomic E-state index is 13.8. The summed E-state index contributed by atoms with van der Waals surface area (Å²) >= 11 is 0. The van der Waals surface area contributed by atoms with Gasteiger partial charge in [-0.05, 0) is 71.2 Å². The number of nitrogens with one attached hydrogen (secondary N) is 1. The average molecular weight is 612 g/mol. The lowest BCUT2D eigenvalue weighted by atomic mass is 9.88. The number of alkyl halides is 5. The molecule has 3 aromatic rings. The summed E-state index contributed by atoms with van der Waals surface area (Å²) in [6.45, 7) is 2.20. The molecule has 1 aliphatic carbocycles. The van der Waals surface area contributed by atoms with E-state index in [4.69, 9.17) is 0 Å². The second-order valence-corrected chi connectivity index (χ2v) is 11.9. The second-order valence-electron chi connectivity index (χ2n) is 11.9. The van der Waals surface area contributed by atoms with E-state index in [1.165, 1.54) is 0 Å². The number of anilines is 1. The Bertz CT molecular complexity index is 1580. The third-order valence-electron chi connectivity index (χ3n) is 9.22. The summed E-state index contributed by atoms with van der Waals surface area (Å²) in [5, 5.41) is 1.92. The van der Waals surface area contributed by atoms with E-state index in [1.807, 2.05) is 58.7 Å². The zero-order chi connectivity index (χ0) is 31.2. The SMILES string of the molecule is CCCCc1c(N2CCC(N3Cc4ccccc4C3=O)CC2)ccc2c1C(C(=O)NCC(F)(F)C(F)(F)F)c1ccccc1-2. The summed E-state index contributed by atoms with van der Waals surface area (Å²) < 4.78 is 66.3. The van der Waals surface area contributed by atoms with Gasteiger partial charge in [0, 0.05) is 36.9 Å². The van der Waals surface area contributed by atoms with Crippen LogP contribution in [-0.2, 0) is 17.8 Å². The van der Waals surface area contributed by atoms with Gasteiger partial charge in [0.15, 0.2) is 0 Å². The number of hydrogen-bond donors (Lipinski definition) is 1. The van der Waals surface area contributed by atoms with Crippen LogP contribution in [0.5, 0.6) is 0 Å². The third kappa shape index (κ3) is 5.22.